The van der Waals surface area contributed by atoms with E-state index in [1.165, 1.54) is 12.8 Å². The van der Waals surface area contributed by atoms with Gasteiger partial charge in [-0.3, -0.25) is 0 Å². The first-order valence-corrected chi connectivity index (χ1v) is 7.05. The van der Waals surface area contributed by atoms with Gasteiger partial charge in [-0.1, -0.05) is 19.8 Å². The molecule has 0 N–H and O–H groups in total. The Balaban J connectivity index is 2.43. The lowest BCUT2D eigenvalue weighted by Crippen LogP contribution is -2.05. The predicted molar refractivity (Wildman–Crippen MR) is 76.1 cm³/mol. The van der Waals surface area contributed by atoms with Crippen molar-refractivity contribution >= 4 is 22.8 Å². The third kappa shape index (κ3) is 2.66. The molecule has 0 saturated heterocycles. The summed E-state index contributed by atoms with van der Waals surface area (Å²) in [4.78, 5) is 9.20. The maximum absolute atomic E-state index is 6.22. The SMILES string of the molecule is CCCCCn1c(C(C)Cl)nc2ccc(C)nc21. The number of hydrogen-bond donors (Lipinski definition) is 0. The Morgan fingerprint density at radius 2 is 2.06 bits per heavy atom. The molecule has 0 radical (unpaired) electrons. The van der Waals surface area contributed by atoms with E-state index in [4.69, 9.17) is 11.6 Å². The summed E-state index contributed by atoms with van der Waals surface area (Å²) >= 11 is 6.22. The normalized spacial score (nSPS) is 13.1. The Morgan fingerprint density at radius 1 is 1.28 bits per heavy atom. The van der Waals surface area contributed by atoms with E-state index >= 15 is 0 Å². The summed E-state index contributed by atoms with van der Waals surface area (Å²) in [6, 6.07) is 4.02. The molecule has 18 heavy (non-hydrogen) atoms. The van der Waals surface area contributed by atoms with Crippen LogP contribution in [0.5, 0.6) is 0 Å². The van der Waals surface area contributed by atoms with E-state index in [-0.39, 0.29) is 5.38 Å². The highest BCUT2D eigenvalue weighted by Crippen LogP contribution is 2.24. The average molecular weight is 266 g/mol. The number of aryl methyl sites for hydroxylation is 2. The van der Waals surface area contributed by atoms with E-state index in [1.54, 1.807) is 0 Å². The number of hydrogen-bond acceptors (Lipinski definition) is 2. The van der Waals surface area contributed by atoms with Gasteiger partial charge in [0.15, 0.2) is 5.65 Å². The Bertz CT molecular complexity index is 531. The third-order valence-electron chi connectivity index (χ3n) is 3.10. The van der Waals surface area contributed by atoms with E-state index < -0.39 is 0 Å². The van der Waals surface area contributed by atoms with E-state index in [0.29, 0.717) is 0 Å². The minimum absolute atomic E-state index is 0.0823. The zero-order chi connectivity index (χ0) is 13.1. The summed E-state index contributed by atoms with van der Waals surface area (Å²) in [5.41, 5.74) is 2.93. The molecule has 1 unspecified atom stereocenters. The number of imidazole rings is 1. The zero-order valence-corrected chi connectivity index (χ0v) is 12.0. The minimum atomic E-state index is -0.0823. The van der Waals surface area contributed by atoms with Crippen molar-refractivity contribution in [1.82, 2.24) is 14.5 Å². The molecule has 0 amide bonds. The van der Waals surface area contributed by atoms with E-state index in [9.17, 15) is 0 Å². The number of fused-ring (bicyclic) bond motifs is 1. The van der Waals surface area contributed by atoms with Crippen LogP contribution >= 0.6 is 11.6 Å². The summed E-state index contributed by atoms with van der Waals surface area (Å²) < 4.78 is 2.18. The molecular formula is C14H20ClN3. The predicted octanol–water partition coefficient (Wildman–Crippen LogP) is 4.23. The Morgan fingerprint density at radius 3 is 2.72 bits per heavy atom. The van der Waals surface area contributed by atoms with Crippen molar-refractivity contribution < 1.29 is 0 Å². The lowest BCUT2D eigenvalue weighted by molar-refractivity contribution is 0.588. The fraction of sp³-hybridized carbons (Fsp3) is 0.571. The molecule has 4 heteroatoms. The van der Waals surface area contributed by atoms with Crippen molar-refractivity contribution in [3.8, 4) is 0 Å². The quantitative estimate of drug-likeness (QED) is 0.598. The van der Waals surface area contributed by atoms with E-state index in [0.717, 1.165) is 35.6 Å². The molecule has 0 aliphatic carbocycles. The molecule has 2 aromatic rings. The summed E-state index contributed by atoms with van der Waals surface area (Å²) in [6.45, 7) is 7.13. The van der Waals surface area contributed by atoms with Gasteiger partial charge in [-0.05, 0) is 32.4 Å². The van der Waals surface area contributed by atoms with Crippen molar-refractivity contribution in [2.45, 2.75) is 52.0 Å². The van der Waals surface area contributed by atoms with Gasteiger partial charge in [0.05, 0.1) is 5.38 Å². The zero-order valence-electron chi connectivity index (χ0n) is 11.3. The van der Waals surface area contributed by atoms with Gasteiger partial charge < -0.3 is 4.57 Å². The Kier molecular flexibility index (Phi) is 4.23. The second-order valence-electron chi connectivity index (χ2n) is 4.74. The molecule has 0 aliphatic heterocycles. The molecule has 2 rings (SSSR count). The lowest BCUT2D eigenvalue weighted by Gasteiger charge is -2.09. The molecule has 2 aromatic heterocycles. The number of aromatic nitrogens is 3. The van der Waals surface area contributed by atoms with Gasteiger partial charge >= 0.3 is 0 Å². The summed E-state index contributed by atoms with van der Waals surface area (Å²) in [5.74, 6) is 0.931. The van der Waals surface area contributed by atoms with Gasteiger partial charge in [-0.25, -0.2) is 9.97 Å². The first-order valence-electron chi connectivity index (χ1n) is 6.61. The molecular weight excluding hydrogens is 246 g/mol. The van der Waals surface area contributed by atoms with Gasteiger partial charge in [0.25, 0.3) is 0 Å². The number of alkyl halides is 1. The maximum Gasteiger partial charge on any atom is 0.160 e. The van der Waals surface area contributed by atoms with E-state index in [1.807, 2.05) is 26.0 Å². The standard InChI is InChI=1S/C14H20ClN3/c1-4-5-6-9-18-13(11(3)15)17-12-8-7-10(2)16-14(12)18/h7-8,11H,4-6,9H2,1-3H3. The molecule has 0 spiro atoms. The van der Waals surface area contributed by atoms with E-state index in [2.05, 4.69) is 21.5 Å². The maximum atomic E-state index is 6.22. The molecule has 0 aromatic carbocycles. The number of rotatable bonds is 5. The number of halogens is 1. The number of unbranched alkanes of at least 4 members (excludes halogenated alkanes) is 2. The van der Waals surface area contributed by atoms with Crippen LogP contribution in [0.4, 0.5) is 0 Å². The molecule has 3 nitrogen and oxygen atoms in total. The first kappa shape index (κ1) is 13.3. The van der Waals surface area contributed by atoms with Gasteiger partial charge in [0.2, 0.25) is 0 Å². The number of pyridine rings is 1. The van der Waals surface area contributed by atoms with Crippen LogP contribution in [0.15, 0.2) is 12.1 Å². The number of nitrogens with zero attached hydrogens (tertiary/aromatic N) is 3. The van der Waals surface area contributed by atoms with Crippen molar-refractivity contribution in [1.29, 1.82) is 0 Å². The lowest BCUT2D eigenvalue weighted by atomic mass is 10.2. The van der Waals surface area contributed by atoms with Gasteiger partial charge in [0.1, 0.15) is 11.3 Å². The van der Waals surface area contributed by atoms with Gasteiger partial charge in [-0.15, -0.1) is 11.6 Å². The van der Waals surface area contributed by atoms with Crippen molar-refractivity contribution in [3.05, 3.63) is 23.7 Å². The highest BCUT2D eigenvalue weighted by atomic mass is 35.5. The molecule has 0 fully saturated rings. The van der Waals surface area contributed by atoms with Crippen LogP contribution in [-0.4, -0.2) is 14.5 Å². The second-order valence-corrected chi connectivity index (χ2v) is 5.39. The molecule has 98 valence electrons. The fourth-order valence-electron chi connectivity index (χ4n) is 2.16. The molecule has 0 aliphatic rings. The van der Waals surface area contributed by atoms with Crippen LogP contribution in [-0.2, 0) is 6.54 Å². The van der Waals surface area contributed by atoms with Crippen molar-refractivity contribution in [3.63, 3.8) is 0 Å². The van der Waals surface area contributed by atoms with Gasteiger partial charge in [0, 0.05) is 12.2 Å². The average Bonchev–Trinajstić information content (AvgIpc) is 2.68. The van der Waals surface area contributed by atoms with Crippen LogP contribution in [0, 0.1) is 6.92 Å². The smallest absolute Gasteiger partial charge is 0.160 e. The second kappa shape index (κ2) is 5.70. The first-order chi connectivity index (χ1) is 8.63. The third-order valence-corrected chi connectivity index (χ3v) is 3.30. The molecule has 0 saturated carbocycles. The fourth-order valence-corrected chi connectivity index (χ4v) is 2.32. The van der Waals surface area contributed by atoms with Crippen LogP contribution in [0.25, 0.3) is 11.2 Å². The topological polar surface area (TPSA) is 30.7 Å². The summed E-state index contributed by atoms with van der Waals surface area (Å²) in [5, 5.41) is -0.0823. The highest BCUT2D eigenvalue weighted by Gasteiger charge is 2.15. The summed E-state index contributed by atoms with van der Waals surface area (Å²) in [7, 11) is 0. The summed E-state index contributed by atoms with van der Waals surface area (Å²) in [6.07, 6.45) is 3.58. The molecule has 2 heterocycles. The van der Waals surface area contributed by atoms with Crippen LogP contribution in [0.3, 0.4) is 0 Å². The minimum Gasteiger partial charge on any atom is -0.311 e. The Hall–Kier alpha value is -1.09. The van der Waals surface area contributed by atoms with Crippen molar-refractivity contribution in [2.24, 2.45) is 0 Å². The van der Waals surface area contributed by atoms with Crippen LogP contribution in [0.2, 0.25) is 0 Å². The largest absolute Gasteiger partial charge is 0.311 e. The van der Waals surface area contributed by atoms with Crippen LogP contribution in [0.1, 0.15) is 50.0 Å². The molecule has 0 bridgehead atoms. The monoisotopic (exact) mass is 265 g/mol. The van der Waals surface area contributed by atoms with Crippen LogP contribution < -0.4 is 0 Å². The Labute approximate surface area is 113 Å². The molecule has 1 atom stereocenters. The highest BCUT2D eigenvalue weighted by molar-refractivity contribution is 6.20. The van der Waals surface area contributed by atoms with Gasteiger partial charge in [-0.2, -0.15) is 0 Å². The van der Waals surface area contributed by atoms with Crippen molar-refractivity contribution in [2.75, 3.05) is 0 Å².